The van der Waals surface area contributed by atoms with Crippen LogP contribution in [0.3, 0.4) is 0 Å². The summed E-state index contributed by atoms with van der Waals surface area (Å²) in [7, 11) is 0. The van der Waals surface area contributed by atoms with Crippen molar-refractivity contribution in [3.8, 4) is 5.69 Å². The summed E-state index contributed by atoms with van der Waals surface area (Å²) < 4.78 is 15.0. The van der Waals surface area contributed by atoms with Gasteiger partial charge in [0.1, 0.15) is 11.5 Å². The van der Waals surface area contributed by atoms with Gasteiger partial charge in [-0.25, -0.2) is 9.07 Å². The first-order chi connectivity index (χ1) is 8.84. The first-order valence-corrected chi connectivity index (χ1v) is 6.17. The van der Waals surface area contributed by atoms with Crippen LogP contribution in [0.5, 0.6) is 0 Å². The van der Waals surface area contributed by atoms with Crippen molar-refractivity contribution in [2.75, 3.05) is 0 Å². The van der Waals surface area contributed by atoms with Crippen LogP contribution >= 0.6 is 0 Å². The third-order valence-electron chi connectivity index (χ3n) is 2.99. The lowest BCUT2D eigenvalue weighted by atomic mass is 9.90. The Labute approximate surface area is 111 Å². The summed E-state index contributed by atoms with van der Waals surface area (Å²) in [5.41, 5.74) is 2.47. The lowest BCUT2D eigenvalue weighted by Crippen LogP contribution is -2.19. The average Bonchev–Trinajstić information content (AvgIpc) is 2.76. The minimum absolute atomic E-state index is 0.160. The first-order valence-electron chi connectivity index (χ1n) is 6.17. The van der Waals surface area contributed by atoms with Gasteiger partial charge in [0.25, 0.3) is 0 Å². The van der Waals surface area contributed by atoms with E-state index in [0.717, 1.165) is 11.4 Å². The molecule has 0 saturated carbocycles. The molecule has 1 heterocycles. The lowest BCUT2D eigenvalue weighted by Gasteiger charge is -2.21. The Balaban J connectivity index is 2.62. The molecular weight excluding hydrogens is 245 g/mol. The Morgan fingerprint density at radius 3 is 2.53 bits per heavy atom. The lowest BCUT2D eigenvalue weighted by molar-refractivity contribution is 0.273. The first kappa shape index (κ1) is 13.7. The smallest absolute Gasteiger partial charge is 0.126 e. The molecule has 102 valence electrons. The molecule has 0 atom stereocenters. The predicted octanol–water partition coefficient (Wildman–Crippen LogP) is 2.50. The molecule has 0 unspecified atom stereocenters. The maximum absolute atomic E-state index is 13.3. The van der Waals surface area contributed by atoms with Crippen LogP contribution in [-0.4, -0.2) is 20.1 Å². The number of hydrogen-bond acceptors (Lipinski definition) is 3. The number of nitrogens with zero attached hydrogens (tertiary/aromatic N) is 3. The highest BCUT2D eigenvalue weighted by Gasteiger charge is 2.25. The molecule has 5 heteroatoms. The van der Waals surface area contributed by atoms with Crippen molar-refractivity contribution in [3.05, 3.63) is 41.0 Å². The maximum Gasteiger partial charge on any atom is 0.126 e. The highest BCUT2D eigenvalue weighted by atomic mass is 19.1. The molecule has 4 nitrogen and oxygen atoms in total. The SMILES string of the molecule is Cc1cc(-n2nnc(CO)c2C(C)(C)C)ccc1F. The second kappa shape index (κ2) is 4.74. The van der Waals surface area contributed by atoms with Crippen molar-refractivity contribution in [2.24, 2.45) is 0 Å². The van der Waals surface area contributed by atoms with E-state index < -0.39 is 0 Å². The van der Waals surface area contributed by atoms with Crippen LogP contribution in [0, 0.1) is 12.7 Å². The quantitative estimate of drug-likeness (QED) is 0.905. The molecule has 0 aliphatic heterocycles. The molecule has 0 fully saturated rings. The van der Waals surface area contributed by atoms with Gasteiger partial charge in [0.2, 0.25) is 0 Å². The summed E-state index contributed by atoms with van der Waals surface area (Å²) in [5.74, 6) is -0.247. The Morgan fingerprint density at radius 2 is 2.00 bits per heavy atom. The largest absolute Gasteiger partial charge is 0.390 e. The maximum atomic E-state index is 13.3. The van der Waals surface area contributed by atoms with Gasteiger partial charge in [-0.1, -0.05) is 26.0 Å². The molecule has 1 N–H and O–H groups in total. The van der Waals surface area contributed by atoms with Crippen molar-refractivity contribution in [3.63, 3.8) is 0 Å². The number of halogens is 1. The Kier molecular flexibility index (Phi) is 3.41. The summed E-state index contributed by atoms with van der Waals surface area (Å²) in [5, 5.41) is 17.4. The van der Waals surface area contributed by atoms with Crippen molar-refractivity contribution >= 4 is 0 Å². The number of aryl methyl sites for hydroxylation is 1. The number of benzene rings is 1. The summed E-state index contributed by atoms with van der Waals surface area (Å²) in [6.07, 6.45) is 0. The van der Waals surface area contributed by atoms with Gasteiger partial charge in [-0.05, 0) is 30.7 Å². The summed E-state index contributed by atoms with van der Waals surface area (Å²) in [6.45, 7) is 7.62. The normalized spacial score (nSPS) is 11.9. The van der Waals surface area contributed by atoms with E-state index >= 15 is 0 Å². The van der Waals surface area contributed by atoms with Crippen LogP contribution in [0.2, 0.25) is 0 Å². The van der Waals surface area contributed by atoms with E-state index in [1.165, 1.54) is 6.07 Å². The zero-order valence-electron chi connectivity index (χ0n) is 11.6. The van der Waals surface area contributed by atoms with Gasteiger partial charge in [-0.3, -0.25) is 0 Å². The van der Waals surface area contributed by atoms with E-state index in [4.69, 9.17) is 0 Å². The fourth-order valence-corrected chi connectivity index (χ4v) is 2.11. The zero-order valence-corrected chi connectivity index (χ0v) is 11.6. The molecule has 0 spiro atoms. The van der Waals surface area contributed by atoms with Crippen LogP contribution in [0.25, 0.3) is 5.69 Å². The molecule has 1 aromatic carbocycles. The highest BCUT2D eigenvalue weighted by Crippen LogP contribution is 2.27. The van der Waals surface area contributed by atoms with Gasteiger partial charge in [-0.2, -0.15) is 0 Å². The minimum atomic E-state index is -0.247. The topological polar surface area (TPSA) is 50.9 Å². The van der Waals surface area contributed by atoms with Crippen molar-refractivity contribution in [2.45, 2.75) is 39.7 Å². The molecule has 0 aliphatic carbocycles. The van der Waals surface area contributed by atoms with Gasteiger partial charge < -0.3 is 5.11 Å². The number of rotatable bonds is 2. The molecule has 2 rings (SSSR count). The van der Waals surface area contributed by atoms with E-state index in [9.17, 15) is 9.50 Å². The molecule has 2 aromatic rings. The highest BCUT2D eigenvalue weighted by molar-refractivity contribution is 5.38. The molecule has 1 aromatic heterocycles. The van der Waals surface area contributed by atoms with E-state index in [1.54, 1.807) is 23.7 Å². The summed E-state index contributed by atoms with van der Waals surface area (Å²) >= 11 is 0. The van der Waals surface area contributed by atoms with Gasteiger partial charge in [0.05, 0.1) is 18.0 Å². The van der Waals surface area contributed by atoms with Crippen molar-refractivity contribution < 1.29 is 9.50 Å². The van der Waals surface area contributed by atoms with Crippen molar-refractivity contribution in [1.29, 1.82) is 0 Å². The van der Waals surface area contributed by atoms with E-state index in [-0.39, 0.29) is 17.8 Å². The van der Waals surface area contributed by atoms with Crippen LogP contribution in [0.1, 0.15) is 37.7 Å². The van der Waals surface area contributed by atoms with Crippen LogP contribution in [-0.2, 0) is 12.0 Å². The third kappa shape index (κ3) is 2.51. The monoisotopic (exact) mass is 263 g/mol. The van der Waals surface area contributed by atoms with E-state index in [0.29, 0.717) is 11.3 Å². The Hall–Kier alpha value is -1.75. The number of aliphatic hydroxyl groups is 1. The van der Waals surface area contributed by atoms with E-state index in [2.05, 4.69) is 10.3 Å². The number of aliphatic hydroxyl groups excluding tert-OH is 1. The molecule has 0 saturated heterocycles. The van der Waals surface area contributed by atoms with Crippen LogP contribution in [0.15, 0.2) is 18.2 Å². The van der Waals surface area contributed by atoms with Gasteiger partial charge in [0.15, 0.2) is 0 Å². The fraction of sp³-hybridized carbons (Fsp3) is 0.429. The fourth-order valence-electron chi connectivity index (χ4n) is 2.11. The third-order valence-corrected chi connectivity index (χ3v) is 2.99. The molecule has 19 heavy (non-hydrogen) atoms. The standard InChI is InChI=1S/C14H18FN3O/c1-9-7-10(5-6-11(9)15)18-13(14(2,3)4)12(8-19)16-17-18/h5-7,19H,8H2,1-4H3. The molecule has 0 radical (unpaired) electrons. The summed E-state index contributed by atoms with van der Waals surface area (Å²) in [6, 6.07) is 4.80. The second-order valence-corrected chi connectivity index (χ2v) is 5.64. The van der Waals surface area contributed by atoms with Gasteiger partial charge >= 0.3 is 0 Å². The molecule has 0 amide bonds. The summed E-state index contributed by atoms with van der Waals surface area (Å²) in [4.78, 5) is 0. The molecular formula is C14H18FN3O. The number of aromatic nitrogens is 3. The molecule has 0 bridgehead atoms. The van der Waals surface area contributed by atoms with Gasteiger partial charge in [0, 0.05) is 5.41 Å². The zero-order chi connectivity index (χ0) is 14.2. The molecule has 0 aliphatic rings. The predicted molar refractivity (Wildman–Crippen MR) is 70.7 cm³/mol. The average molecular weight is 263 g/mol. The Bertz CT molecular complexity index is 599. The van der Waals surface area contributed by atoms with Crippen molar-refractivity contribution in [1.82, 2.24) is 15.0 Å². The minimum Gasteiger partial charge on any atom is -0.390 e. The van der Waals surface area contributed by atoms with Crippen LogP contribution in [0.4, 0.5) is 4.39 Å². The number of hydrogen-bond donors (Lipinski definition) is 1. The van der Waals surface area contributed by atoms with Gasteiger partial charge in [-0.15, -0.1) is 5.10 Å². The van der Waals surface area contributed by atoms with E-state index in [1.807, 2.05) is 20.8 Å². The Morgan fingerprint density at radius 1 is 1.32 bits per heavy atom. The second-order valence-electron chi connectivity index (χ2n) is 5.64. The van der Waals surface area contributed by atoms with Crippen LogP contribution < -0.4 is 0 Å².